The molecule has 1 amide bonds. The summed E-state index contributed by atoms with van der Waals surface area (Å²) in [4.78, 5) is 51.6. The second-order valence-corrected chi connectivity index (χ2v) is 9.68. The number of carbonyl (C=O) groups is 2. The van der Waals surface area contributed by atoms with Crippen molar-refractivity contribution >= 4 is 17.7 Å². The predicted molar refractivity (Wildman–Crippen MR) is 131 cm³/mol. The molecule has 1 aliphatic heterocycles. The molecule has 38 heavy (non-hydrogen) atoms. The van der Waals surface area contributed by atoms with Crippen LogP contribution in [0.25, 0.3) is 5.69 Å². The summed E-state index contributed by atoms with van der Waals surface area (Å²) >= 11 is 0. The van der Waals surface area contributed by atoms with E-state index in [4.69, 9.17) is 5.11 Å². The summed E-state index contributed by atoms with van der Waals surface area (Å²) in [5.41, 5.74) is -1.92. The van der Waals surface area contributed by atoms with Gasteiger partial charge in [0.15, 0.2) is 0 Å². The molecule has 1 aromatic heterocycles. The summed E-state index contributed by atoms with van der Waals surface area (Å²) in [5.74, 6) is -0.938. The third kappa shape index (κ3) is 4.69. The van der Waals surface area contributed by atoms with Crippen LogP contribution in [0.4, 0.5) is 23.7 Å². The number of nitrogens with zero attached hydrogens (tertiary/aromatic N) is 3. The van der Waals surface area contributed by atoms with E-state index in [1.807, 2.05) is 13.8 Å². The molecule has 0 aliphatic carbocycles. The highest BCUT2D eigenvalue weighted by atomic mass is 19.4. The van der Waals surface area contributed by atoms with Crippen molar-refractivity contribution in [3.8, 4) is 11.4 Å². The molecule has 0 saturated carbocycles. The maximum atomic E-state index is 13.5. The zero-order valence-corrected chi connectivity index (χ0v) is 20.9. The first kappa shape index (κ1) is 26.7. The summed E-state index contributed by atoms with van der Waals surface area (Å²) < 4.78 is 46.5. The first-order valence-electron chi connectivity index (χ1n) is 11.5. The number of anilines is 1. The van der Waals surface area contributed by atoms with Crippen molar-refractivity contribution in [2.75, 3.05) is 11.4 Å². The Hall–Kier alpha value is -4.35. The van der Waals surface area contributed by atoms with Gasteiger partial charge in [-0.1, -0.05) is 32.0 Å². The molecule has 0 atom stereocenters. The minimum Gasteiger partial charge on any atom is -0.449 e. The van der Waals surface area contributed by atoms with Crippen molar-refractivity contribution in [2.45, 2.75) is 45.8 Å². The standard InChI is InChI=1S/C26H24F3N3O6/c1-14-16(6-5-7-18(14)26(27,28)29)11-31-22(34)21(38-24(36)37)12-30(23(31)35)17-8-9-19-20(10-17)32(15(2)33)13-25(19,3)4/h5-10,12H,11,13H2,1-4H3,(H,36,37). The molecule has 0 saturated heterocycles. The quantitative estimate of drug-likeness (QED) is 0.508. The summed E-state index contributed by atoms with van der Waals surface area (Å²) in [6.07, 6.45) is -5.55. The Morgan fingerprint density at radius 1 is 1.13 bits per heavy atom. The van der Waals surface area contributed by atoms with Crippen molar-refractivity contribution in [1.82, 2.24) is 9.13 Å². The van der Waals surface area contributed by atoms with Crippen molar-refractivity contribution in [3.05, 3.63) is 85.7 Å². The van der Waals surface area contributed by atoms with Crippen molar-refractivity contribution in [1.29, 1.82) is 0 Å². The van der Waals surface area contributed by atoms with Gasteiger partial charge in [-0.3, -0.25) is 18.7 Å². The van der Waals surface area contributed by atoms with Crippen LogP contribution in [-0.4, -0.2) is 32.8 Å². The Balaban J connectivity index is 1.92. The number of alkyl halides is 3. The van der Waals surface area contributed by atoms with Crippen molar-refractivity contribution < 1.29 is 32.6 Å². The maximum absolute atomic E-state index is 13.5. The third-order valence-electron chi connectivity index (χ3n) is 6.63. The van der Waals surface area contributed by atoms with E-state index in [-0.39, 0.29) is 28.1 Å². The van der Waals surface area contributed by atoms with E-state index in [1.54, 1.807) is 23.1 Å². The van der Waals surface area contributed by atoms with Crippen LogP contribution in [0.15, 0.2) is 52.2 Å². The zero-order valence-electron chi connectivity index (χ0n) is 20.9. The summed E-state index contributed by atoms with van der Waals surface area (Å²) in [7, 11) is 0. The number of ether oxygens (including phenoxy) is 1. The number of carbonyl (C=O) groups excluding carboxylic acids is 1. The van der Waals surface area contributed by atoms with Crippen LogP contribution < -0.4 is 20.9 Å². The lowest BCUT2D eigenvalue weighted by Crippen LogP contribution is -2.40. The topological polar surface area (TPSA) is 111 Å². The SMILES string of the molecule is CC(=O)N1CC(C)(C)c2ccc(-n3cc(OC(=O)O)c(=O)n(Cc4cccc(C(F)(F)F)c4C)c3=O)cc21. The fraction of sp³-hybridized carbons (Fsp3) is 0.308. The predicted octanol–water partition coefficient (Wildman–Crippen LogP) is 4.08. The largest absolute Gasteiger partial charge is 0.511 e. The number of hydrogen-bond donors (Lipinski definition) is 1. The molecule has 0 radical (unpaired) electrons. The Morgan fingerprint density at radius 3 is 2.42 bits per heavy atom. The van der Waals surface area contributed by atoms with Gasteiger partial charge in [-0.2, -0.15) is 13.2 Å². The Bertz CT molecular complexity index is 1590. The molecular formula is C26H24F3N3O6. The molecule has 1 aliphatic rings. The lowest BCUT2D eigenvalue weighted by atomic mass is 9.87. The summed E-state index contributed by atoms with van der Waals surface area (Å²) in [6, 6.07) is 8.24. The molecular weight excluding hydrogens is 507 g/mol. The minimum atomic E-state index is -4.65. The second kappa shape index (κ2) is 9.19. The first-order chi connectivity index (χ1) is 17.6. The molecule has 4 rings (SSSR count). The normalized spacial score (nSPS) is 14.3. The molecule has 0 bridgehead atoms. The van der Waals surface area contributed by atoms with Crippen LogP contribution in [0.5, 0.6) is 5.75 Å². The van der Waals surface area contributed by atoms with Gasteiger partial charge in [0.25, 0.3) is 5.56 Å². The number of amides is 1. The Labute approximate surface area is 214 Å². The number of halogens is 3. The molecule has 1 N–H and O–H groups in total. The average molecular weight is 531 g/mol. The van der Waals surface area contributed by atoms with E-state index in [0.29, 0.717) is 16.8 Å². The van der Waals surface area contributed by atoms with Crippen molar-refractivity contribution in [3.63, 3.8) is 0 Å². The highest BCUT2D eigenvalue weighted by Crippen LogP contribution is 2.41. The Morgan fingerprint density at radius 2 is 1.82 bits per heavy atom. The van der Waals surface area contributed by atoms with Gasteiger partial charge in [-0.15, -0.1) is 0 Å². The highest BCUT2D eigenvalue weighted by molar-refractivity contribution is 5.95. The van der Waals surface area contributed by atoms with Gasteiger partial charge >= 0.3 is 18.0 Å². The van der Waals surface area contributed by atoms with Crippen LogP contribution >= 0.6 is 0 Å². The fourth-order valence-corrected chi connectivity index (χ4v) is 4.71. The second-order valence-electron chi connectivity index (χ2n) is 9.68. The minimum absolute atomic E-state index is 0.0384. The fourth-order valence-electron chi connectivity index (χ4n) is 4.71. The molecule has 0 spiro atoms. The van der Waals surface area contributed by atoms with E-state index >= 15 is 0 Å². The number of rotatable bonds is 4. The van der Waals surface area contributed by atoms with Crippen LogP contribution in [-0.2, 0) is 22.9 Å². The van der Waals surface area contributed by atoms with Gasteiger partial charge in [-0.25, -0.2) is 9.59 Å². The number of carboxylic acid groups (broad SMARTS) is 1. The van der Waals surface area contributed by atoms with E-state index in [9.17, 15) is 32.3 Å². The molecule has 0 fully saturated rings. The van der Waals surface area contributed by atoms with Gasteiger partial charge in [0.1, 0.15) is 0 Å². The number of aromatic nitrogens is 2. The first-order valence-corrected chi connectivity index (χ1v) is 11.5. The lowest BCUT2D eigenvalue weighted by Gasteiger charge is -2.19. The van der Waals surface area contributed by atoms with Gasteiger partial charge < -0.3 is 14.7 Å². The number of benzene rings is 2. The number of fused-ring (bicyclic) bond motifs is 1. The molecule has 200 valence electrons. The molecule has 9 nitrogen and oxygen atoms in total. The lowest BCUT2D eigenvalue weighted by molar-refractivity contribution is -0.138. The van der Waals surface area contributed by atoms with Gasteiger partial charge in [0.05, 0.1) is 24.0 Å². The van der Waals surface area contributed by atoms with Gasteiger partial charge in [0, 0.05) is 24.6 Å². The smallest absolute Gasteiger partial charge is 0.449 e. The molecule has 2 aromatic carbocycles. The average Bonchev–Trinajstić information content (AvgIpc) is 3.09. The third-order valence-corrected chi connectivity index (χ3v) is 6.63. The van der Waals surface area contributed by atoms with Crippen LogP contribution in [0.2, 0.25) is 0 Å². The Kier molecular flexibility index (Phi) is 6.46. The summed E-state index contributed by atoms with van der Waals surface area (Å²) in [5, 5.41) is 9.13. The highest BCUT2D eigenvalue weighted by Gasteiger charge is 2.37. The van der Waals surface area contributed by atoms with Gasteiger partial charge in [-0.05, 0) is 41.8 Å². The number of hydrogen-bond acceptors (Lipinski definition) is 5. The van der Waals surface area contributed by atoms with E-state index in [2.05, 4.69) is 4.74 Å². The van der Waals surface area contributed by atoms with Crippen LogP contribution in [0.3, 0.4) is 0 Å². The van der Waals surface area contributed by atoms with E-state index in [0.717, 1.165) is 28.5 Å². The van der Waals surface area contributed by atoms with Crippen LogP contribution in [0, 0.1) is 6.92 Å². The summed E-state index contributed by atoms with van der Waals surface area (Å²) in [6.45, 7) is 6.37. The molecule has 2 heterocycles. The molecule has 0 unspecified atom stereocenters. The molecule has 12 heteroatoms. The zero-order chi connectivity index (χ0) is 28.2. The van der Waals surface area contributed by atoms with Crippen LogP contribution in [0.1, 0.15) is 43.0 Å². The van der Waals surface area contributed by atoms with Gasteiger partial charge in [0.2, 0.25) is 11.7 Å². The van der Waals surface area contributed by atoms with E-state index < -0.39 is 41.4 Å². The maximum Gasteiger partial charge on any atom is 0.511 e. The molecule has 3 aromatic rings. The van der Waals surface area contributed by atoms with Crippen molar-refractivity contribution in [2.24, 2.45) is 0 Å². The monoisotopic (exact) mass is 531 g/mol. The van der Waals surface area contributed by atoms with E-state index in [1.165, 1.54) is 19.9 Å².